The first kappa shape index (κ1) is 15.3. The monoisotopic (exact) mass is 248 g/mol. The number of ether oxygens (including phenoxy) is 1. The molecule has 0 aliphatic heterocycles. The van der Waals surface area contributed by atoms with Crippen molar-refractivity contribution in [3.63, 3.8) is 0 Å². The number of rotatable bonds is 3. The van der Waals surface area contributed by atoms with Crippen molar-refractivity contribution in [2.24, 2.45) is 5.73 Å². The molecule has 2 amide bonds. The van der Waals surface area contributed by atoms with Crippen LogP contribution in [0.25, 0.3) is 0 Å². The molecule has 0 rings (SSSR count). The Morgan fingerprint density at radius 3 is 2.12 bits per heavy atom. The summed E-state index contributed by atoms with van der Waals surface area (Å²) in [6, 6.07) is -1.81. The minimum atomic E-state index is -2.03. The van der Waals surface area contributed by atoms with E-state index in [-0.39, 0.29) is 0 Å². The lowest BCUT2D eigenvalue weighted by Crippen LogP contribution is -2.52. The third kappa shape index (κ3) is 5.83. The second-order valence-electron chi connectivity index (χ2n) is 4.30. The normalized spacial score (nSPS) is 14.6. The Balaban J connectivity index is 4.36. The van der Waals surface area contributed by atoms with Crippen LogP contribution in [0.3, 0.4) is 0 Å². The highest BCUT2D eigenvalue weighted by Crippen LogP contribution is 2.06. The van der Waals surface area contributed by atoms with Crippen LogP contribution >= 0.6 is 0 Å². The fourth-order valence-electron chi connectivity index (χ4n) is 0.776. The van der Waals surface area contributed by atoms with E-state index in [1.54, 1.807) is 26.1 Å². The number of aliphatic hydroxyl groups excluding tert-OH is 1. The number of amides is 2. The van der Waals surface area contributed by atoms with Gasteiger partial charge in [-0.1, -0.05) is 0 Å². The van der Waals surface area contributed by atoms with Gasteiger partial charge in [0.25, 0.3) is 5.91 Å². The van der Waals surface area contributed by atoms with Crippen LogP contribution in [0.2, 0.25) is 0 Å². The van der Waals surface area contributed by atoms with E-state index in [1.807, 2.05) is 0 Å². The standard InChI is InChI=1S/C9H16N2O6/c1-9(2,3)17-8(16)11-6(13)5(12)4(10)7(14)15/h4-5,12H,10H2,1-3H3,(H,14,15)(H,11,13,16)/t4-,5?/m0/s1. The molecule has 8 nitrogen and oxygen atoms in total. The van der Waals surface area contributed by atoms with Gasteiger partial charge in [0.15, 0.2) is 6.10 Å². The van der Waals surface area contributed by atoms with Gasteiger partial charge in [-0.3, -0.25) is 14.9 Å². The van der Waals surface area contributed by atoms with Gasteiger partial charge in [-0.25, -0.2) is 4.79 Å². The maximum absolute atomic E-state index is 11.2. The topological polar surface area (TPSA) is 139 Å². The van der Waals surface area contributed by atoms with Crippen LogP contribution in [0.5, 0.6) is 0 Å². The van der Waals surface area contributed by atoms with Crippen LogP contribution in [0.15, 0.2) is 0 Å². The number of aliphatic carboxylic acids is 1. The number of aliphatic hydroxyl groups is 1. The molecule has 1 unspecified atom stereocenters. The Morgan fingerprint density at radius 2 is 1.76 bits per heavy atom. The number of hydrogen-bond acceptors (Lipinski definition) is 6. The molecule has 0 saturated carbocycles. The number of carbonyl (C=O) groups excluding carboxylic acids is 2. The summed E-state index contributed by atoms with van der Waals surface area (Å²) in [5, 5.41) is 19.3. The van der Waals surface area contributed by atoms with Gasteiger partial charge in [0, 0.05) is 0 Å². The molecule has 8 heteroatoms. The number of hydrogen-bond donors (Lipinski definition) is 4. The van der Waals surface area contributed by atoms with Crippen molar-refractivity contribution in [2.45, 2.75) is 38.5 Å². The van der Waals surface area contributed by atoms with Gasteiger partial charge in [-0.05, 0) is 20.8 Å². The van der Waals surface area contributed by atoms with Gasteiger partial charge < -0.3 is 20.7 Å². The Kier molecular flexibility index (Phi) is 5.05. The second-order valence-corrected chi connectivity index (χ2v) is 4.30. The minimum absolute atomic E-state index is 0.815. The van der Waals surface area contributed by atoms with Gasteiger partial charge in [0.05, 0.1) is 0 Å². The maximum atomic E-state index is 11.2. The quantitative estimate of drug-likeness (QED) is 0.492. The largest absolute Gasteiger partial charge is 0.480 e. The molecule has 0 radical (unpaired) electrons. The summed E-state index contributed by atoms with van der Waals surface area (Å²) in [4.78, 5) is 32.7. The molecule has 0 aliphatic rings. The van der Waals surface area contributed by atoms with E-state index >= 15 is 0 Å². The summed E-state index contributed by atoms with van der Waals surface area (Å²) < 4.78 is 4.73. The van der Waals surface area contributed by atoms with E-state index in [0.717, 1.165) is 0 Å². The Hall–Kier alpha value is -1.67. The summed E-state index contributed by atoms with van der Waals surface area (Å²) >= 11 is 0. The van der Waals surface area contributed by atoms with E-state index in [1.165, 1.54) is 0 Å². The number of imide groups is 1. The van der Waals surface area contributed by atoms with Crippen molar-refractivity contribution < 1.29 is 29.3 Å². The van der Waals surface area contributed by atoms with E-state index in [2.05, 4.69) is 0 Å². The van der Waals surface area contributed by atoms with Crippen LogP contribution in [-0.4, -0.2) is 45.9 Å². The fourth-order valence-corrected chi connectivity index (χ4v) is 0.776. The third-order valence-electron chi connectivity index (χ3n) is 1.52. The average Bonchev–Trinajstić information content (AvgIpc) is 2.11. The van der Waals surface area contributed by atoms with Crippen LogP contribution in [-0.2, 0) is 14.3 Å². The molecule has 0 bridgehead atoms. The van der Waals surface area contributed by atoms with Gasteiger partial charge in [0.2, 0.25) is 0 Å². The number of carbonyl (C=O) groups is 3. The van der Waals surface area contributed by atoms with E-state index < -0.39 is 35.7 Å². The Bertz CT molecular complexity index is 322. The lowest BCUT2D eigenvalue weighted by Gasteiger charge is -2.20. The second kappa shape index (κ2) is 5.60. The summed E-state index contributed by atoms with van der Waals surface area (Å²) in [5.74, 6) is -2.79. The van der Waals surface area contributed by atoms with Gasteiger partial charge in [-0.15, -0.1) is 0 Å². The molecule has 0 spiro atoms. The Morgan fingerprint density at radius 1 is 1.29 bits per heavy atom. The zero-order chi connectivity index (χ0) is 13.8. The summed E-state index contributed by atoms with van der Waals surface area (Å²) in [6.07, 6.45) is -3.11. The third-order valence-corrected chi connectivity index (χ3v) is 1.52. The smallest absolute Gasteiger partial charge is 0.414 e. The molecule has 98 valence electrons. The number of alkyl carbamates (subject to hydrolysis) is 1. The van der Waals surface area contributed by atoms with Crippen molar-refractivity contribution >= 4 is 18.0 Å². The van der Waals surface area contributed by atoms with Crippen molar-refractivity contribution in [3.8, 4) is 0 Å². The highest BCUT2D eigenvalue weighted by molar-refractivity contribution is 5.97. The van der Waals surface area contributed by atoms with Crippen molar-refractivity contribution in [3.05, 3.63) is 0 Å². The first-order valence-corrected chi connectivity index (χ1v) is 4.75. The molecular weight excluding hydrogens is 232 g/mol. The minimum Gasteiger partial charge on any atom is -0.480 e. The maximum Gasteiger partial charge on any atom is 0.414 e. The number of nitrogens with one attached hydrogen (secondary N) is 1. The molecule has 0 saturated heterocycles. The number of nitrogens with two attached hydrogens (primary N) is 1. The molecule has 2 atom stereocenters. The van der Waals surface area contributed by atoms with E-state index in [4.69, 9.17) is 15.6 Å². The SMILES string of the molecule is CC(C)(C)OC(=O)NC(=O)C(O)[C@H](N)C(=O)O. The predicted octanol–water partition coefficient (Wildman–Crippen LogP) is -1.19. The van der Waals surface area contributed by atoms with Gasteiger partial charge >= 0.3 is 12.1 Å². The average molecular weight is 248 g/mol. The molecule has 0 aromatic rings. The molecule has 0 aromatic heterocycles. The highest BCUT2D eigenvalue weighted by atomic mass is 16.6. The van der Waals surface area contributed by atoms with E-state index in [9.17, 15) is 19.5 Å². The molecule has 5 N–H and O–H groups in total. The van der Waals surface area contributed by atoms with Crippen LogP contribution in [0.1, 0.15) is 20.8 Å². The molecule has 0 fully saturated rings. The summed E-state index contributed by atoms with van der Waals surface area (Å²) in [6.45, 7) is 4.74. The Labute approximate surface area is 97.7 Å². The van der Waals surface area contributed by atoms with Crippen LogP contribution < -0.4 is 11.1 Å². The fraction of sp³-hybridized carbons (Fsp3) is 0.667. The molecular formula is C9H16N2O6. The number of carboxylic acid groups (broad SMARTS) is 1. The molecule has 17 heavy (non-hydrogen) atoms. The molecule has 0 aliphatic carbocycles. The predicted molar refractivity (Wildman–Crippen MR) is 56.0 cm³/mol. The molecule has 0 heterocycles. The number of carboxylic acids is 1. The van der Waals surface area contributed by atoms with Crippen LogP contribution in [0.4, 0.5) is 4.79 Å². The van der Waals surface area contributed by atoms with E-state index in [0.29, 0.717) is 0 Å². The van der Waals surface area contributed by atoms with Crippen molar-refractivity contribution in [1.29, 1.82) is 0 Å². The molecule has 0 aromatic carbocycles. The van der Waals surface area contributed by atoms with Gasteiger partial charge in [0.1, 0.15) is 11.6 Å². The van der Waals surface area contributed by atoms with Crippen molar-refractivity contribution in [2.75, 3.05) is 0 Å². The lowest BCUT2D eigenvalue weighted by molar-refractivity contribution is -0.146. The highest BCUT2D eigenvalue weighted by Gasteiger charge is 2.30. The first-order valence-electron chi connectivity index (χ1n) is 4.75. The zero-order valence-electron chi connectivity index (χ0n) is 9.76. The van der Waals surface area contributed by atoms with Crippen molar-refractivity contribution in [1.82, 2.24) is 5.32 Å². The lowest BCUT2D eigenvalue weighted by atomic mass is 10.1. The summed E-state index contributed by atoms with van der Waals surface area (Å²) in [7, 11) is 0. The van der Waals surface area contributed by atoms with Gasteiger partial charge in [-0.2, -0.15) is 0 Å². The summed E-state index contributed by atoms with van der Waals surface area (Å²) in [5.41, 5.74) is 4.19. The zero-order valence-corrected chi connectivity index (χ0v) is 9.76. The van der Waals surface area contributed by atoms with Crippen LogP contribution in [0, 0.1) is 0 Å². The first-order chi connectivity index (χ1) is 7.54.